The Morgan fingerprint density at radius 1 is 1.17 bits per heavy atom. The van der Waals surface area contributed by atoms with E-state index in [1.165, 1.54) is 18.6 Å². The van der Waals surface area contributed by atoms with Gasteiger partial charge in [0.2, 0.25) is 0 Å². The van der Waals surface area contributed by atoms with Gasteiger partial charge in [-0.3, -0.25) is 0 Å². The van der Waals surface area contributed by atoms with Gasteiger partial charge in [-0.05, 0) is 30.7 Å². The van der Waals surface area contributed by atoms with Crippen LogP contribution in [0.5, 0.6) is 5.75 Å². The van der Waals surface area contributed by atoms with Gasteiger partial charge in [-0.1, -0.05) is 0 Å². The van der Waals surface area contributed by atoms with Gasteiger partial charge in [0.05, 0.1) is 0 Å². The van der Waals surface area contributed by atoms with Crippen molar-refractivity contribution < 1.29 is 9.23 Å². The van der Waals surface area contributed by atoms with Crippen LogP contribution in [0.3, 0.4) is 0 Å². The van der Waals surface area contributed by atoms with Crippen LogP contribution in [0.1, 0.15) is 6.42 Å². The molecule has 1 aliphatic rings. The molecule has 1 aromatic rings. The molecule has 0 aromatic heterocycles. The molecule has 0 unspecified atom stereocenters. The summed E-state index contributed by atoms with van der Waals surface area (Å²) in [5.41, 5.74) is 0. The molecule has 0 atom stereocenters. The van der Waals surface area contributed by atoms with Gasteiger partial charge in [0.25, 0.3) is 0 Å². The van der Waals surface area contributed by atoms with E-state index in [1.807, 2.05) is 5.06 Å². The molecule has 64 valence electrons. The van der Waals surface area contributed by atoms with Crippen molar-refractivity contribution in [2.45, 2.75) is 6.42 Å². The summed E-state index contributed by atoms with van der Waals surface area (Å²) in [6, 6.07) is 6.06. The summed E-state index contributed by atoms with van der Waals surface area (Å²) in [6.07, 6.45) is 1.18. The number of hydrogen-bond acceptors (Lipinski definition) is 2. The standard InChI is InChI=1S/C9H10FNO/c10-8-2-4-9(5-3-8)12-11-6-1-7-11/h2-5H,1,6-7H2. The van der Waals surface area contributed by atoms with Gasteiger partial charge >= 0.3 is 0 Å². The van der Waals surface area contributed by atoms with Crippen LogP contribution in [0, 0.1) is 5.82 Å². The molecule has 0 amide bonds. The third kappa shape index (κ3) is 1.56. The number of hydrogen-bond donors (Lipinski definition) is 0. The quantitative estimate of drug-likeness (QED) is 0.666. The van der Waals surface area contributed by atoms with E-state index in [2.05, 4.69) is 0 Å². The van der Waals surface area contributed by atoms with E-state index < -0.39 is 0 Å². The first-order chi connectivity index (χ1) is 5.84. The van der Waals surface area contributed by atoms with E-state index in [9.17, 15) is 4.39 Å². The molecule has 2 rings (SSSR count). The smallest absolute Gasteiger partial charge is 0.147 e. The molecule has 2 nitrogen and oxygen atoms in total. The largest absolute Gasteiger partial charge is 0.406 e. The van der Waals surface area contributed by atoms with Crippen LogP contribution < -0.4 is 4.84 Å². The lowest BCUT2D eigenvalue weighted by atomic mass is 10.3. The Morgan fingerprint density at radius 2 is 1.83 bits per heavy atom. The van der Waals surface area contributed by atoms with Gasteiger partial charge < -0.3 is 4.84 Å². The van der Waals surface area contributed by atoms with Crippen molar-refractivity contribution in [3.8, 4) is 5.75 Å². The van der Waals surface area contributed by atoms with Gasteiger partial charge in [-0.25, -0.2) is 4.39 Å². The minimum Gasteiger partial charge on any atom is -0.406 e. The molecule has 0 N–H and O–H groups in total. The van der Waals surface area contributed by atoms with E-state index in [0.29, 0.717) is 5.75 Å². The molecule has 1 heterocycles. The van der Waals surface area contributed by atoms with Crippen LogP contribution >= 0.6 is 0 Å². The molecule has 0 bridgehead atoms. The van der Waals surface area contributed by atoms with Crippen molar-refractivity contribution in [2.75, 3.05) is 13.1 Å². The number of nitrogens with zero attached hydrogens (tertiary/aromatic N) is 1. The summed E-state index contributed by atoms with van der Waals surface area (Å²) in [5.74, 6) is 0.474. The Hall–Kier alpha value is -1.09. The number of rotatable bonds is 2. The molecule has 3 heteroatoms. The highest BCUT2D eigenvalue weighted by molar-refractivity contribution is 5.21. The molecule has 0 spiro atoms. The fraction of sp³-hybridized carbons (Fsp3) is 0.333. The molecule has 1 saturated heterocycles. The van der Waals surface area contributed by atoms with E-state index in [0.717, 1.165) is 13.1 Å². The molecular formula is C9H10FNO. The summed E-state index contributed by atoms with van der Waals surface area (Å²) in [4.78, 5) is 5.37. The maximum atomic E-state index is 12.5. The molecular weight excluding hydrogens is 157 g/mol. The predicted molar refractivity (Wildman–Crippen MR) is 43.2 cm³/mol. The maximum Gasteiger partial charge on any atom is 0.147 e. The summed E-state index contributed by atoms with van der Waals surface area (Å²) >= 11 is 0. The average molecular weight is 167 g/mol. The minimum atomic E-state index is -0.231. The van der Waals surface area contributed by atoms with Gasteiger partial charge in [0.15, 0.2) is 0 Å². The summed E-state index contributed by atoms with van der Waals surface area (Å²) in [6.45, 7) is 1.94. The Balaban J connectivity index is 1.98. The van der Waals surface area contributed by atoms with E-state index in [1.54, 1.807) is 12.1 Å². The second kappa shape index (κ2) is 3.11. The Labute approximate surface area is 70.5 Å². The lowest BCUT2D eigenvalue weighted by molar-refractivity contribution is -0.107. The van der Waals surface area contributed by atoms with E-state index in [4.69, 9.17) is 4.84 Å². The first-order valence-electron chi connectivity index (χ1n) is 4.03. The highest BCUT2D eigenvalue weighted by atomic mass is 19.1. The second-order valence-corrected chi connectivity index (χ2v) is 2.83. The van der Waals surface area contributed by atoms with Gasteiger partial charge in [0.1, 0.15) is 11.6 Å². The number of hydroxylamine groups is 2. The summed E-state index contributed by atoms with van der Waals surface area (Å²) in [5, 5.41) is 1.85. The van der Waals surface area contributed by atoms with Crippen LogP contribution in [0.2, 0.25) is 0 Å². The highest BCUT2D eigenvalue weighted by Gasteiger charge is 2.15. The third-order valence-electron chi connectivity index (χ3n) is 1.86. The molecule has 1 aliphatic heterocycles. The SMILES string of the molecule is Fc1ccc(ON2CCC2)cc1. The van der Waals surface area contributed by atoms with Gasteiger partial charge in [-0.2, -0.15) is 0 Å². The predicted octanol–water partition coefficient (Wildman–Crippen LogP) is 1.83. The minimum absolute atomic E-state index is 0.231. The Kier molecular flexibility index (Phi) is 1.96. The van der Waals surface area contributed by atoms with E-state index >= 15 is 0 Å². The zero-order valence-electron chi connectivity index (χ0n) is 6.66. The van der Waals surface area contributed by atoms with Crippen molar-refractivity contribution >= 4 is 0 Å². The highest BCUT2D eigenvalue weighted by Crippen LogP contribution is 2.15. The fourth-order valence-electron chi connectivity index (χ4n) is 1.02. The zero-order chi connectivity index (χ0) is 8.39. The second-order valence-electron chi connectivity index (χ2n) is 2.83. The van der Waals surface area contributed by atoms with Crippen molar-refractivity contribution in [2.24, 2.45) is 0 Å². The van der Waals surface area contributed by atoms with Crippen molar-refractivity contribution in [1.29, 1.82) is 0 Å². The zero-order valence-corrected chi connectivity index (χ0v) is 6.66. The molecule has 1 fully saturated rings. The first kappa shape index (κ1) is 7.55. The van der Waals surface area contributed by atoms with Crippen LogP contribution in [-0.4, -0.2) is 18.2 Å². The molecule has 0 saturated carbocycles. The summed E-state index contributed by atoms with van der Waals surface area (Å²) in [7, 11) is 0. The maximum absolute atomic E-state index is 12.5. The first-order valence-corrected chi connectivity index (χ1v) is 4.03. The van der Waals surface area contributed by atoms with Crippen LogP contribution in [0.15, 0.2) is 24.3 Å². The molecule has 1 aromatic carbocycles. The van der Waals surface area contributed by atoms with E-state index in [-0.39, 0.29) is 5.82 Å². The van der Waals surface area contributed by atoms with Crippen LogP contribution in [-0.2, 0) is 0 Å². The molecule has 12 heavy (non-hydrogen) atoms. The van der Waals surface area contributed by atoms with Gasteiger partial charge in [0, 0.05) is 13.1 Å². The monoisotopic (exact) mass is 167 g/mol. The van der Waals surface area contributed by atoms with Crippen molar-refractivity contribution in [1.82, 2.24) is 5.06 Å². The summed E-state index contributed by atoms with van der Waals surface area (Å²) < 4.78 is 12.5. The molecule has 0 radical (unpaired) electrons. The fourth-order valence-corrected chi connectivity index (χ4v) is 1.02. The lowest BCUT2D eigenvalue weighted by Crippen LogP contribution is -2.39. The number of benzene rings is 1. The average Bonchev–Trinajstić information content (AvgIpc) is 2.00. The van der Waals surface area contributed by atoms with Crippen LogP contribution in [0.4, 0.5) is 4.39 Å². The van der Waals surface area contributed by atoms with Crippen molar-refractivity contribution in [3.05, 3.63) is 30.1 Å². The Bertz CT molecular complexity index is 256. The Morgan fingerprint density at radius 3 is 2.33 bits per heavy atom. The lowest BCUT2D eigenvalue weighted by Gasteiger charge is -2.29. The van der Waals surface area contributed by atoms with Crippen molar-refractivity contribution in [3.63, 3.8) is 0 Å². The molecule has 0 aliphatic carbocycles. The van der Waals surface area contributed by atoms with Crippen LogP contribution in [0.25, 0.3) is 0 Å². The normalized spacial score (nSPS) is 17.1. The van der Waals surface area contributed by atoms with Gasteiger partial charge in [-0.15, -0.1) is 5.06 Å². The number of halogens is 1. The third-order valence-corrected chi connectivity index (χ3v) is 1.86. The topological polar surface area (TPSA) is 12.5 Å².